The first-order valence-corrected chi connectivity index (χ1v) is 8.67. The number of aromatic nitrogens is 5. The number of esters is 1. The molecule has 2 radical (unpaired) electrons. The van der Waals surface area contributed by atoms with Crippen molar-refractivity contribution in [3.8, 4) is 17.3 Å². The van der Waals surface area contributed by atoms with Crippen molar-refractivity contribution >= 4 is 34.4 Å². The van der Waals surface area contributed by atoms with E-state index in [1.807, 2.05) is 0 Å². The molecule has 3 aromatic heterocycles. The molecule has 0 atom stereocenters. The Morgan fingerprint density at radius 3 is 2.73 bits per heavy atom. The fraction of sp³-hybridized carbons (Fsp3) is 0.0833. The Hall–Kier alpha value is -1.75. The summed E-state index contributed by atoms with van der Waals surface area (Å²) >= 11 is 5.58. The molecule has 1 N–H and O–H groups in total. The van der Waals surface area contributed by atoms with Gasteiger partial charge in [-0.1, -0.05) is 0 Å². The third-order valence-electron chi connectivity index (χ3n) is 2.64. The number of H-pyrrole nitrogens is 1. The summed E-state index contributed by atoms with van der Waals surface area (Å²) in [7, 11) is 0. The van der Waals surface area contributed by atoms with Gasteiger partial charge < -0.3 is 0 Å². The molecule has 0 fully saturated rings. The van der Waals surface area contributed by atoms with Gasteiger partial charge in [0.25, 0.3) is 0 Å². The molecule has 0 saturated carbocycles. The van der Waals surface area contributed by atoms with Crippen molar-refractivity contribution in [3.05, 3.63) is 27.3 Å². The predicted molar refractivity (Wildman–Crippen MR) is 75.7 cm³/mol. The van der Waals surface area contributed by atoms with Crippen LogP contribution in [-0.4, -0.2) is 36.6 Å². The summed E-state index contributed by atoms with van der Waals surface area (Å²) in [6, 6.07) is 1.73. The van der Waals surface area contributed by atoms with E-state index >= 15 is 0 Å². The first-order chi connectivity index (χ1) is 10.6. The Labute approximate surface area is 141 Å². The maximum absolute atomic E-state index is 11.0. The number of carbonyl (C=O) groups is 1. The Bertz CT molecular complexity index is 855. The van der Waals surface area contributed by atoms with Crippen LogP contribution in [0.3, 0.4) is 0 Å². The fourth-order valence-corrected chi connectivity index (χ4v) is 2.63. The maximum atomic E-state index is 11.0. The SMILES string of the molecule is [B][I-]c1ncc(-c2nc3nc(OC(C)=O)[nH]c3cc2Cl)cn1. The molecule has 0 bridgehead atoms. The second kappa shape index (κ2) is 6.17. The van der Waals surface area contributed by atoms with Crippen LogP contribution < -0.4 is 25.7 Å². The third-order valence-corrected chi connectivity index (χ3v) is 4.04. The normalized spacial score (nSPS) is 11.0. The number of aromatic amines is 1. The van der Waals surface area contributed by atoms with Gasteiger partial charge in [-0.05, 0) is 0 Å². The molecule has 110 valence electrons. The number of carbonyl (C=O) groups excluding carboxylic acids is 1. The molecule has 10 heteroatoms. The van der Waals surface area contributed by atoms with E-state index in [0.717, 1.165) is 0 Å². The van der Waals surface area contributed by atoms with Crippen molar-refractivity contribution < 1.29 is 30.5 Å². The second-order valence-electron chi connectivity index (χ2n) is 4.18. The summed E-state index contributed by atoms with van der Waals surface area (Å²) in [5.74, 6) is -0.473. The Morgan fingerprint density at radius 2 is 2.09 bits per heavy atom. The Kier molecular flexibility index (Phi) is 4.25. The number of ether oxygens (including phenoxy) is 1. The van der Waals surface area contributed by atoms with E-state index in [1.165, 1.54) is 6.92 Å². The molecular formula is C12H7BClIN5O2-. The Balaban J connectivity index is 2.05. The number of hydrogen-bond donors (Lipinski definition) is 1. The van der Waals surface area contributed by atoms with E-state index in [2.05, 4.69) is 24.9 Å². The van der Waals surface area contributed by atoms with Crippen LogP contribution in [0.15, 0.2) is 18.5 Å². The number of nitrogens with zero attached hydrogens (tertiary/aromatic N) is 4. The van der Waals surface area contributed by atoms with Crippen LogP contribution in [0.1, 0.15) is 6.92 Å². The number of imidazole rings is 1. The number of hydrogen-bond acceptors (Lipinski definition) is 6. The third kappa shape index (κ3) is 3.04. The monoisotopic (exact) mass is 426 g/mol. The summed E-state index contributed by atoms with van der Waals surface area (Å²) < 4.78 is 5.53. The molecule has 7 nitrogen and oxygen atoms in total. The fourth-order valence-electron chi connectivity index (χ4n) is 1.77. The quantitative estimate of drug-likeness (QED) is 0.233. The predicted octanol–water partition coefficient (Wildman–Crippen LogP) is -1.66. The van der Waals surface area contributed by atoms with Gasteiger partial charge in [0.05, 0.1) is 0 Å². The zero-order valence-electron chi connectivity index (χ0n) is 11.2. The van der Waals surface area contributed by atoms with Crippen LogP contribution in [-0.2, 0) is 4.79 Å². The van der Waals surface area contributed by atoms with Crippen LogP contribution in [0.25, 0.3) is 22.4 Å². The molecule has 0 saturated heterocycles. The molecular weight excluding hydrogens is 419 g/mol. The number of halogens is 2. The summed E-state index contributed by atoms with van der Waals surface area (Å²) in [5.41, 5.74) is 7.67. The average molecular weight is 426 g/mol. The van der Waals surface area contributed by atoms with Crippen LogP contribution in [0.5, 0.6) is 6.01 Å². The summed E-state index contributed by atoms with van der Waals surface area (Å²) in [6.45, 7) is 1.29. The molecule has 22 heavy (non-hydrogen) atoms. The molecule has 3 heterocycles. The van der Waals surface area contributed by atoms with E-state index in [-0.39, 0.29) is 6.01 Å². The summed E-state index contributed by atoms with van der Waals surface area (Å²) in [5, 5.41) is 0.407. The zero-order valence-corrected chi connectivity index (χ0v) is 14.1. The van der Waals surface area contributed by atoms with Gasteiger partial charge in [-0.15, -0.1) is 0 Å². The first kappa shape index (κ1) is 15.2. The van der Waals surface area contributed by atoms with Gasteiger partial charge in [-0.2, -0.15) is 0 Å². The molecule has 0 aromatic carbocycles. The van der Waals surface area contributed by atoms with Gasteiger partial charge in [-0.25, -0.2) is 0 Å². The average Bonchev–Trinajstić information content (AvgIpc) is 2.86. The molecule has 0 unspecified atom stereocenters. The first-order valence-electron chi connectivity index (χ1n) is 5.97. The molecule has 3 rings (SSSR count). The van der Waals surface area contributed by atoms with Crippen molar-refractivity contribution in [1.29, 1.82) is 0 Å². The minimum absolute atomic E-state index is 0.0719. The van der Waals surface area contributed by atoms with E-state index in [0.29, 0.717) is 31.3 Å². The Morgan fingerprint density at radius 1 is 1.36 bits per heavy atom. The van der Waals surface area contributed by atoms with Gasteiger partial charge in [0, 0.05) is 0 Å². The number of nitrogens with one attached hydrogen (secondary N) is 1. The summed E-state index contributed by atoms with van der Waals surface area (Å²) in [6.07, 6.45) is 3.24. The molecule has 3 aromatic rings. The van der Waals surface area contributed by atoms with E-state index in [9.17, 15) is 4.79 Å². The standard InChI is InChI=1S/C12H7BClIN5O2/c1-5(21)22-12-18-8-2-7(14)9(19-10(8)20-12)6-3-16-11(15-13)17-4-6/h2-4H,1H3,(H,18,19,20)/q-1. The van der Waals surface area contributed by atoms with Crippen molar-refractivity contribution in [2.24, 2.45) is 0 Å². The molecule has 0 spiro atoms. The van der Waals surface area contributed by atoms with Crippen LogP contribution in [0.4, 0.5) is 0 Å². The topological polar surface area (TPSA) is 93.6 Å². The summed E-state index contributed by atoms with van der Waals surface area (Å²) in [4.78, 5) is 30.5. The van der Waals surface area contributed by atoms with Crippen molar-refractivity contribution in [2.45, 2.75) is 6.92 Å². The van der Waals surface area contributed by atoms with E-state index in [1.54, 1.807) is 18.5 Å². The van der Waals surface area contributed by atoms with Gasteiger partial charge in [0.1, 0.15) is 0 Å². The number of pyridine rings is 1. The number of fused-ring (bicyclic) bond motifs is 1. The molecule has 0 amide bonds. The van der Waals surface area contributed by atoms with Gasteiger partial charge in [0.15, 0.2) is 0 Å². The van der Waals surface area contributed by atoms with Crippen molar-refractivity contribution in [3.63, 3.8) is 0 Å². The van der Waals surface area contributed by atoms with Gasteiger partial charge in [-0.3, -0.25) is 0 Å². The van der Waals surface area contributed by atoms with E-state index < -0.39 is 27.0 Å². The second-order valence-corrected chi connectivity index (χ2v) is 6.17. The minimum atomic E-state index is -0.657. The van der Waals surface area contributed by atoms with Crippen LogP contribution in [0, 0.1) is 3.83 Å². The van der Waals surface area contributed by atoms with Crippen molar-refractivity contribution in [2.75, 3.05) is 0 Å². The number of rotatable bonds is 3. The van der Waals surface area contributed by atoms with Crippen LogP contribution in [0.2, 0.25) is 5.02 Å². The molecule has 0 aliphatic rings. The zero-order chi connectivity index (χ0) is 15.7. The van der Waals surface area contributed by atoms with Crippen LogP contribution >= 0.6 is 11.6 Å². The molecule has 0 aliphatic carbocycles. The van der Waals surface area contributed by atoms with Gasteiger partial charge in [0.2, 0.25) is 0 Å². The van der Waals surface area contributed by atoms with Crippen molar-refractivity contribution in [1.82, 2.24) is 24.9 Å². The van der Waals surface area contributed by atoms with E-state index in [4.69, 9.17) is 22.0 Å². The molecule has 0 aliphatic heterocycles. The van der Waals surface area contributed by atoms with Gasteiger partial charge >= 0.3 is 141 Å².